The van der Waals surface area contributed by atoms with E-state index in [0.29, 0.717) is 11.4 Å². The Bertz CT molecular complexity index is 817. The van der Waals surface area contributed by atoms with Crippen molar-refractivity contribution in [2.45, 2.75) is 44.5 Å². The van der Waals surface area contributed by atoms with Crippen LogP contribution in [-0.2, 0) is 14.3 Å². The van der Waals surface area contributed by atoms with Crippen LogP contribution in [0.2, 0.25) is 0 Å². The molecule has 2 aromatic rings. The van der Waals surface area contributed by atoms with Gasteiger partial charge in [-0.05, 0) is 49.2 Å². The second kappa shape index (κ2) is 9.68. The quantitative estimate of drug-likeness (QED) is 0.476. The van der Waals surface area contributed by atoms with E-state index in [0.717, 1.165) is 16.8 Å². The number of ether oxygens (including phenoxy) is 2. The fraction of sp³-hybridized carbons (Fsp3) is 0.381. The molecule has 0 bridgehead atoms. The number of carbonyl (C=O) groups is 2. The molecular weight excluding hydrogens is 426 g/mol. The highest BCUT2D eigenvalue weighted by Gasteiger charge is 2.23. The smallest absolute Gasteiger partial charge is 0.317 e. The number of esters is 1. The lowest BCUT2D eigenvalue weighted by Gasteiger charge is -2.19. The fourth-order valence-corrected chi connectivity index (χ4v) is 3.15. The third-order valence-corrected chi connectivity index (χ3v) is 5.42. The minimum atomic E-state index is -0.905. The number of aromatic nitrogens is 1. The van der Waals surface area contributed by atoms with Crippen LogP contribution in [0.5, 0.6) is 5.75 Å². The van der Waals surface area contributed by atoms with E-state index in [-0.39, 0.29) is 12.5 Å². The predicted octanol–water partition coefficient (Wildman–Crippen LogP) is 4.33. The number of carboxylic acids is 1. The van der Waals surface area contributed by atoms with Crippen molar-refractivity contribution in [3.63, 3.8) is 0 Å². The first kappa shape index (κ1) is 21.9. The van der Waals surface area contributed by atoms with E-state index in [2.05, 4.69) is 20.9 Å². The lowest BCUT2D eigenvalue weighted by Crippen LogP contribution is -2.20. The first-order valence-electron chi connectivity index (χ1n) is 8.89. The Morgan fingerprint density at radius 1 is 1.18 bits per heavy atom. The SMILES string of the molecule is CC(=O)OC(COc1ccc(C(C)C(Br)C(=O)O)cc1)c1cc(C)cc(C)n1. The van der Waals surface area contributed by atoms with E-state index in [1.165, 1.54) is 6.92 Å². The summed E-state index contributed by atoms with van der Waals surface area (Å²) in [5, 5.41) is 9.11. The van der Waals surface area contributed by atoms with Gasteiger partial charge in [0.05, 0.1) is 5.69 Å². The molecule has 0 spiro atoms. The van der Waals surface area contributed by atoms with Crippen LogP contribution in [0.4, 0.5) is 0 Å². The Labute approximate surface area is 173 Å². The highest BCUT2D eigenvalue weighted by atomic mass is 79.9. The van der Waals surface area contributed by atoms with E-state index >= 15 is 0 Å². The number of carbonyl (C=O) groups excluding carboxylic acids is 1. The van der Waals surface area contributed by atoms with Crippen molar-refractivity contribution in [2.75, 3.05) is 6.61 Å². The molecule has 1 aromatic carbocycles. The van der Waals surface area contributed by atoms with E-state index in [1.807, 2.05) is 45.0 Å². The Morgan fingerprint density at radius 2 is 1.82 bits per heavy atom. The number of halogens is 1. The maximum absolute atomic E-state index is 11.5. The molecule has 1 heterocycles. The lowest BCUT2D eigenvalue weighted by atomic mass is 9.98. The van der Waals surface area contributed by atoms with Crippen molar-refractivity contribution in [1.29, 1.82) is 0 Å². The normalized spacial score (nSPS) is 14.0. The van der Waals surface area contributed by atoms with Crippen molar-refractivity contribution >= 4 is 27.9 Å². The van der Waals surface area contributed by atoms with Gasteiger partial charge >= 0.3 is 11.9 Å². The number of pyridine rings is 1. The van der Waals surface area contributed by atoms with Gasteiger partial charge in [-0.15, -0.1) is 0 Å². The van der Waals surface area contributed by atoms with E-state index in [4.69, 9.17) is 14.6 Å². The van der Waals surface area contributed by atoms with E-state index < -0.39 is 22.9 Å². The number of benzene rings is 1. The van der Waals surface area contributed by atoms with Gasteiger partial charge in [-0.1, -0.05) is 35.0 Å². The second-order valence-electron chi connectivity index (χ2n) is 6.72. The molecule has 0 aliphatic carbocycles. The van der Waals surface area contributed by atoms with Gasteiger partial charge in [-0.2, -0.15) is 0 Å². The molecule has 1 aromatic heterocycles. The van der Waals surface area contributed by atoms with Crippen LogP contribution in [0, 0.1) is 13.8 Å². The fourth-order valence-electron chi connectivity index (χ4n) is 2.84. The van der Waals surface area contributed by atoms with Crippen LogP contribution in [0.3, 0.4) is 0 Å². The molecule has 0 saturated heterocycles. The van der Waals surface area contributed by atoms with Gasteiger partial charge in [-0.25, -0.2) is 0 Å². The summed E-state index contributed by atoms with van der Waals surface area (Å²) >= 11 is 3.19. The van der Waals surface area contributed by atoms with Crippen LogP contribution in [0.15, 0.2) is 36.4 Å². The van der Waals surface area contributed by atoms with E-state index in [1.54, 1.807) is 12.1 Å². The summed E-state index contributed by atoms with van der Waals surface area (Å²) in [5.74, 6) is -0.910. The highest BCUT2D eigenvalue weighted by molar-refractivity contribution is 9.10. The Balaban J connectivity index is 2.10. The van der Waals surface area contributed by atoms with Crippen molar-refractivity contribution < 1.29 is 24.2 Å². The summed E-state index contributed by atoms with van der Waals surface area (Å²) in [6.07, 6.45) is -0.617. The van der Waals surface area contributed by atoms with Gasteiger partial charge in [0.1, 0.15) is 17.2 Å². The molecular formula is C21H24BrNO5. The lowest BCUT2D eigenvalue weighted by molar-refractivity contribution is -0.148. The van der Waals surface area contributed by atoms with Crippen molar-refractivity contribution in [3.8, 4) is 5.75 Å². The maximum atomic E-state index is 11.5. The minimum Gasteiger partial charge on any atom is -0.489 e. The summed E-state index contributed by atoms with van der Waals surface area (Å²) in [4.78, 5) is 26.4. The molecule has 0 amide bonds. The molecule has 3 atom stereocenters. The molecule has 28 heavy (non-hydrogen) atoms. The predicted molar refractivity (Wildman–Crippen MR) is 109 cm³/mol. The third-order valence-electron chi connectivity index (χ3n) is 4.24. The topological polar surface area (TPSA) is 85.7 Å². The molecule has 2 rings (SSSR count). The van der Waals surface area contributed by atoms with Gasteiger partial charge in [-0.3, -0.25) is 14.6 Å². The number of rotatable bonds is 8. The summed E-state index contributed by atoms with van der Waals surface area (Å²) in [5.41, 5.74) is 3.39. The Kier molecular flexibility index (Phi) is 7.57. The third kappa shape index (κ3) is 6.05. The molecule has 0 aliphatic heterocycles. The summed E-state index contributed by atoms with van der Waals surface area (Å²) < 4.78 is 11.2. The van der Waals surface area contributed by atoms with Crippen molar-refractivity contribution in [1.82, 2.24) is 4.98 Å². The van der Waals surface area contributed by atoms with Crippen LogP contribution in [0.1, 0.15) is 48.4 Å². The molecule has 3 unspecified atom stereocenters. The van der Waals surface area contributed by atoms with Crippen LogP contribution < -0.4 is 4.74 Å². The highest BCUT2D eigenvalue weighted by Crippen LogP contribution is 2.27. The molecule has 1 N–H and O–H groups in total. The van der Waals surface area contributed by atoms with Crippen molar-refractivity contribution in [2.24, 2.45) is 0 Å². The molecule has 0 fully saturated rings. The van der Waals surface area contributed by atoms with Gasteiger partial charge < -0.3 is 14.6 Å². The Hall–Kier alpha value is -2.41. The number of nitrogens with zero attached hydrogens (tertiary/aromatic N) is 1. The summed E-state index contributed by atoms with van der Waals surface area (Å²) in [6.45, 7) is 7.16. The standard InChI is InChI=1S/C21H24BrNO5/c1-12-9-13(2)23-18(10-12)19(28-15(4)24)11-27-17-7-5-16(6-8-17)14(3)20(22)21(25)26/h5-10,14,19-20H,11H2,1-4H3,(H,25,26). The molecule has 6 nitrogen and oxygen atoms in total. The largest absolute Gasteiger partial charge is 0.489 e. The first-order valence-corrected chi connectivity index (χ1v) is 9.81. The minimum absolute atomic E-state index is 0.126. The van der Waals surface area contributed by atoms with Gasteiger partial charge in [0, 0.05) is 18.5 Å². The zero-order valence-corrected chi connectivity index (χ0v) is 17.9. The number of aryl methyl sites for hydroxylation is 2. The molecule has 150 valence electrons. The molecule has 0 radical (unpaired) electrons. The van der Waals surface area contributed by atoms with Crippen LogP contribution in [0.25, 0.3) is 0 Å². The van der Waals surface area contributed by atoms with Crippen molar-refractivity contribution in [3.05, 3.63) is 58.9 Å². The van der Waals surface area contributed by atoms with Gasteiger partial charge in [0.15, 0.2) is 6.10 Å². The van der Waals surface area contributed by atoms with Crippen LogP contribution in [-0.4, -0.2) is 33.5 Å². The number of alkyl halides is 1. The molecule has 7 heteroatoms. The number of hydrogen-bond donors (Lipinski definition) is 1. The average molecular weight is 450 g/mol. The monoisotopic (exact) mass is 449 g/mol. The molecule has 0 aliphatic rings. The number of carboxylic acid groups (broad SMARTS) is 1. The second-order valence-corrected chi connectivity index (χ2v) is 7.70. The van der Waals surface area contributed by atoms with E-state index in [9.17, 15) is 9.59 Å². The maximum Gasteiger partial charge on any atom is 0.317 e. The zero-order chi connectivity index (χ0) is 20.8. The van der Waals surface area contributed by atoms with Gasteiger partial charge in [0.25, 0.3) is 0 Å². The Morgan fingerprint density at radius 3 is 2.36 bits per heavy atom. The zero-order valence-electron chi connectivity index (χ0n) is 16.3. The molecule has 0 saturated carbocycles. The number of hydrogen-bond acceptors (Lipinski definition) is 5. The first-order chi connectivity index (χ1) is 13.2. The average Bonchev–Trinajstić information content (AvgIpc) is 2.63. The summed E-state index contributed by atoms with van der Waals surface area (Å²) in [6, 6.07) is 11.0. The van der Waals surface area contributed by atoms with Crippen LogP contribution >= 0.6 is 15.9 Å². The number of aliphatic carboxylic acids is 1. The van der Waals surface area contributed by atoms with Gasteiger partial charge in [0.2, 0.25) is 0 Å². The summed E-state index contributed by atoms with van der Waals surface area (Å²) in [7, 11) is 0.